The zero-order chi connectivity index (χ0) is 19.1. The third-order valence-corrected chi connectivity index (χ3v) is 5.44. The number of anilines is 1. The minimum Gasteiger partial charge on any atom is -0.355 e. The summed E-state index contributed by atoms with van der Waals surface area (Å²) in [6.45, 7) is 2.18. The Kier molecular flexibility index (Phi) is 6.76. The summed E-state index contributed by atoms with van der Waals surface area (Å²) in [5.74, 6) is -0.0747. The molecule has 1 aromatic carbocycles. The number of hydrogen-bond acceptors (Lipinski definition) is 4. The minimum absolute atomic E-state index is 0.0178. The van der Waals surface area contributed by atoms with Gasteiger partial charge < -0.3 is 10.6 Å². The number of thiazole rings is 1. The topological polar surface area (TPSA) is 71.1 Å². The molecule has 27 heavy (non-hydrogen) atoms. The molecule has 0 spiro atoms. The Labute approximate surface area is 163 Å². The number of nitrogens with zero attached hydrogens (tertiary/aromatic N) is 1. The van der Waals surface area contributed by atoms with Crippen molar-refractivity contribution < 1.29 is 9.59 Å². The van der Waals surface area contributed by atoms with E-state index in [2.05, 4.69) is 21.7 Å². The van der Waals surface area contributed by atoms with Crippen LogP contribution < -0.4 is 10.6 Å². The van der Waals surface area contributed by atoms with Crippen molar-refractivity contribution in [2.75, 3.05) is 11.9 Å². The van der Waals surface area contributed by atoms with Crippen LogP contribution in [0.4, 0.5) is 5.69 Å². The monoisotopic (exact) mass is 383 g/mol. The van der Waals surface area contributed by atoms with Crippen LogP contribution >= 0.6 is 11.3 Å². The maximum atomic E-state index is 12.1. The first-order valence-electron chi connectivity index (χ1n) is 9.37. The van der Waals surface area contributed by atoms with E-state index in [1.165, 1.54) is 49.5 Å². The second kappa shape index (κ2) is 9.46. The molecule has 0 saturated carbocycles. The fourth-order valence-corrected chi connectivity index (χ4v) is 3.97. The van der Waals surface area contributed by atoms with Crippen LogP contribution in [0.5, 0.6) is 0 Å². The normalized spacial score (nSPS) is 13.7. The lowest BCUT2D eigenvalue weighted by Crippen LogP contribution is -2.26. The second-order valence-electron chi connectivity index (χ2n) is 6.79. The Balaban J connectivity index is 1.49. The van der Waals surface area contributed by atoms with Crippen LogP contribution in [0.25, 0.3) is 10.6 Å². The summed E-state index contributed by atoms with van der Waals surface area (Å²) in [6, 6.07) is 7.55. The molecule has 1 aliphatic carbocycles. The Morgan fingerprint density at radius 3 is 2.70 bits per heavy atom. The fraction of sp³-hybridized carbons (Fsp3) is 0.381. The number of hydrogen-bond donors (Lipinski definition) is 2. The van der Waals surface area contributed by atoms with E-state index in [0.717, 1.165) is 28.4 Å². The number of rotatable bonds is 7. The van der Waals surface area contributed by atoms with E-state index in [1.54, 1.807) is 0 Å². The molecule has 2 aromatic rings. The molecule has 142 valence electrons. The first-order chi connectivity index (χ1) is 13.1. The van der Waals surface area contributed by atoms with Crippen molar-refractivity contribution in [3.63, 3.8) is 0 Å². The maximum absolute atomic E-state index is 12.1. The summed E-state index contributed by atoms with van der Waals surface area (Å²) in [5, 5.41) is 8.55. The number of benzene rings is 1. The van der Waals surface area contributed by atoms with Gasteiger partial charge in [-0.1, -0.05) is 11.6 Å². The summed E-state index contributed by atoms with van der Waals surface area (Å²) < 4.78 is 0. The van der Waals surface area contributed by atoms with Crippen molar-refractivity contribution in [2.24, 2.45) is 0 Å². The molecule has 0 unspecified atom stereocenters. The van der Waals surface area contributed by atoms with E-state index in [-0.39, 0.29) is 11.8 Å². The van der Waals surface area contributed by atoms with Gasteiger partial charge in [0.15, 0.2) is 0 Å². The Morgan fingerprint density at radius 2 is 2.00 bits per heavy atom. The predicted molar refractivity (Wildman–Crippen MR) is 110 cm³/mol. The number of allylic oxidation sites excluding steroid dienone is 1. The van der Waals surface area contributed by atoms with E-state index in [0.29, 0.717) is 13.0 Å². The zero-order valence-electron chi connectivity index (χ0n) is 15.6. The van der Waals surface area contributed by atoms with Crippen molar-refractivity contribution in [3.05, 3.63) is 47.0 Å². The van der Waals surface area contributed by atoms with E-state index in [9.17, 15) is 9.59 Å². The molecule has 3 rings (SSSR count). The summed E-state index contributed by atoms with van der Waals surface area (Å²) >= 11 is 1.52. The van der Waals surface area contributed by atoms with Crippen LogP contribution in [-0.2, 0) is 16.0 Å². The molecule has 0 aliphatic heterocycles. The molecular formula is C21H25N3O2S. The van der Waals surface area contributed by atoms with Crippen molar-refractivity contribution in [1.29, 1.82) is 0 Å². The lowest BCUT2D eigenvalue weighted by molar-refractivity contribution is -0.120. The van der Waals surface area contributed by atoms with E-state index in [1.807, 2.05) is 29.6 Å². The van der Waals surface area contributed by atoms with Crippen LogP contribution in [0.15, 0.2) is 41.3 Å². The highest BCUT2D eigenvalue weighted by Gasteiger charge is 2.10. The van der Waals surface area contributed by atoms with Crippen LogP contribution in [-0.4, -0.2) is 23.3 Å². The maximum Gasteiger partial charge on any atom is 0.226 e. The van der Waals surface area contributed by atoms with Crippen molar-refractivity contribution in [2.45, 2.75) is 45.4 Å². The predicted octanol–water partition coefficient (Wildman–Crippen LogP) is 4.32. The van der Waals surface area contributed by atoms with Gasteiger partial charge in [0.25, 0.3) is 0 Å². The van der Waals surface area contributed by atoms with Gasteiger partial charge in [0.1, 0.15) is 5.01 Å². The molecule has 0 radical (unpaired) electrons. The van der Waals surface area contributed by atoms with Crippen LogP contribution in [0, 0.1) is 0 Å². The molecule has 2 N–H and O–H groups in total. The third-order valence-electron chi connectivity index (χ3n) is 4.50. The number of carbonyl (C=O) groups excluding carboxylic acids is 2. The van der Waals surface area contributed by atoms with Gasteiger partial charge in [-0.05, 0) is 56.4 Å². The van der Waals surface area contributed by atoms with Gasteiger partial charge in [-0.15, -0.1) is 11.3 Å². The summed E-state index contributed by atoms with van der Waals surface area (Å²) in [4.78, 5) is 27.8. The molecule has 5 nitrogen and oxygen atoms in total. The highest BCUT2D eigenvalue weighted by Crippen LogP contribution is 2.25. The molecule has 1 heterocycles. The second-order valence-corrected chi connectivity index (χ2v) is 7.65. The molecule has 1 aliphatic rings. The zero-order valence-corrected chi connectivity index (χ0v) is 16.4. The third kappa shape index (κ3) is 6.03. The fourth-order valence-electron chi connectivity index (χ4n) is 3.14. The molecule has 0 fully saturated rings. The van der Waals surface area contributed by atoms with Gasteiger partial charge in [-0.25, -0.2) is 4.98 Å². The van der Waals surface area contributed by atoms with Gasteiger partial charge in [-0.3, -0.25) is 9.59 Å². The highest BCUT2D eigenvalue weighted by molar-refractivity contribution is 7.13. The quantitative estimate of drug-likeness (QED) is 0.700. The lowest BCUT2D eigenvalue weighted by Gasteiger charge is -2.12. The molecule has 6 heteroatoms. The Morgan fingerprint density at radius 1 is 1.19 bits per heavy atom. The summed E-state index contributed by atoms with van der Waals surface area (Å²) in [6.07, 6.45) is 8.49. The van der Waals surface area contributed by atoms with Gasteiger partial charge in [0.05, 0.1) is 12.1 Å². The summed E-state index contributed by atoms with van der Waals surface area (Å²) in [7, 11) is 0. The van der Waals surface area contributed by atoms with E-state index in [4.69, 9.17) is 0 Å². The van der Waals surface area contributed by atoms with Crippen molar-refractivity contribution in [3.8, 4) is 10.6 Å². The van der Waals surface area contributed by atoms with Gasteiger partial charge >= 0.3 is 0 Å². The number of aromatic nitrogens is 1. The summed E-state index contributed by atoms with van der Waals surface area (Å²) in [5.41, 5.74) is 4.00. The van der Waals surface area contributed by atoms with E-state index < -0.39 is 0 Å². The smallest absolute Gasteiger partial charge is 0.226 e. The van der Waals surface area contributed by atoms with Crippen LogP contribution in [0.2, 0.25) is 0 Å². The Hall–Kier alpha value is -2.47. The average Bonchev–Trinajstić information content (AvgIpc) is 3.11. The van der Waals surface area contributed by atoms with Gasteiger partial charge in [0.2, 0.25) is 11.8 Å². The average molecular weight is 384 g/mol. The minimum atomic E-state index is -0.0925. The number of carbonyl (C=O) groups is 2. The van der Waals surface area contributed by atoms with E-state index >= 15 is 0 Å². The molecule has 1 aromatic heterocycles. The molecular weight excluding hydrogens is 358 g/mol. The largest absolute Gasteiger partial charge is 0.355 e. The van der Waals surface area contributed by atoms with Crippen molar-refractivity contribution >= 4 is 28.8 Å². The first-order valence-corrected chi connectivity index (χ1v) is 10.2. The molecule has 0 saturated heterocycles. The van der Waals surface area contributed by atoms with Crippen molar-refractivity contribution in [1.82, 2.24) is 10.3 Å². The lowest BCUT2D eigenvalue weighted by atomic mass is 9.97. The number of nitrogens with one attached hydrogen (secondary N) is 2. The van der Waals surface area contributed by atoms with Crippen LogP contribution in [0.3, 0.4) is 0 Å². The molecule has 0 atom stereocenters. The van der Waals surface area contributed by atoms with Gasteiger partial charge in [-0.2, -0.15) is 0 Å². The first kappa shape index (κ1) is 19.3. The SMILES string of the molecule is CC(=O)Nc1ccc(-c2nc(CC(=O)NCCC3=CCCCC3)cs2)cc1. The molecule has 2 amide bonds. The van der Waals surface area contributed by atoms with Gasteiger partial charge in [0, 0.05) is 30.1 Å². The molecule has 0 bridgehead atoms. The standard InChI is InChI=1S/C21H25N3O2S/c1-15(25)23-18-9-7-17(8-10-18)21-24-19(14-27-21)13-20(26)22-12-11-16-5-3-2-4-6-16/h5,7-10,14H,2-4,6,11-13H2,1H3,(H,22,26)(H,23,25). The highest BCUT2D eigenvalue weighted by atomic mass is 32.1. The number of amides is 2. The Bertz CT molecular complexity index is 824. The van der Waals surface area contributed by atoms with Crippen LogP contribution in [0.1, 0.15) is 44.7 Å².